The maximum Gasteiger partial charge on any atom is 0.359 e. The standard InChI is InChI=1S/C17H15N3O7S/c1-8(21)26-6-12-18-10-4-5-11-14(16(10)28-12)15(17(24)25-3)19-20(11)13(23)7-27-9(2)22/h4-5H,6-7H2,1-3H3. The van der Waals surface area contributed by atoms with Crippen LogP contribution in [-0.2, 0) is 30.4 Å². The van der Waals surface area contributed by atoms with E-state index in [-0.39, 0.29) is 12.3 Å². The summed E-state index contributed by atoms with van der Waals surface area (Å²) in [6.07, 6.45) is 0. The molecule has 1 aromatic carbocycles. The molecule has 0 atom stereocenters. The molecule has 0 saturated heterocycles. The van der Waals surface area contributed by atoms with Crippen LogP contribution in [0.3, 0.4) is 0 Å². The van der Waals surface area contributed by atoms with Crippen LogP contribution >= 0.6 is 11.3 Å². The zero-order valence-electron chi connectivity index (χ0n) is 15.2. The van der Waals surface area contributed by atoms with Gasteiger partial charge in [0.25, 0.3) is 5.91 Å². The highest BCUT2D eigenvalue weighted by Gasteiger charge is 2.25. The summed E-state index contributed by atoms with van der Waals surface area (Å²) in [5.74, 6) is -2.41. The van der Waals surface area contributed by atoms with E-state index < -0.39 is 30.4 Å². The Morgan fingerprint density at radius 3 is 2.46 bits per heavy atom. The number of fused-ring (bicyclic) bond motifs is 3. The van der Waals surface area contributed by atoms with E-state index in [0.29, 0.717) is 26.1 Å². The van der Waals surface area contributed by atoms with Gasteiger partial charge in [-0.1, -0.05) is 0 Å². The summed E-state index contributed by atoms with van der Waals surface area (Å²) in [5, 5.41) is 4.97. The molecule has 0 spiro atoms. The fourth-order valence-corrected chi connectivity index (χ4v) is 3.54. The second kappa shape index (κ2) is 7.72. The van der Waals surface area contributed by atoms with Gasteiger partial charge in [0.05, 0.1) is 28.2 Å². The minimum absolute atomic E-state index is 0.0107. The molecule has 28 heavy (non-hydrogen) atoms. The van der Waals surface area contributed by atoms with Gasteiger partial charge < -0.3 is 14.2 Å². The lowest BCUT2D eigenvalue weighted by atomic mass is 10.2. The van der Waals surface area contributed by atoms with E-state index in [1.807, 2.05) is 0 Å². The normalized spacial score (nSPS) is 10.8. The van der Waals surface area contributed by atoms with Gasteiger partial charge in [-0.15, -0.1) is 11.3 Å². The maximum atomic E-state index is 12.4. The lowest BCUT2D eigenvalue weighted by Gasteiger charge is -2.02. The van der Waals surface area contributed by atoms with Gasteiger partial charge in [0, 0.05) is 13.8 Å². The van der Waals surface area contributed by atoms with E-state index in [1.54, 1.807) is 12.1 Å². The first-order valence-electron chi connectivity index (χ1n) is 8.01. The maximum absolute atomic E-state index is 12.4. The first kappa shape index (κ1) is 19.4. The van der Waals surface area contributed by atoms with Crippen molar-refractivity contribution in [2.24, 2.45) is 0 Å². The molecule has 0 aliphatic carbocycles. The first-order valence-corrected chi connectivity index (χ1v) is 8.83. The third-order valence-electron chi connectivity index (χ3n) is 3.66. The number of hydrogen-bond donors (Lipinski definition) is 0. The summed E-state index contributed by atoms with van der Waals surface area (Å²) in [7, 11) is 1.20. The number of carbonyl (C=O) groups is 4. The third kappa shape index (κ3) is 3.69. The third-order valence-corrected chi connectivity index (χ3v) is 4.72. The summed E-state index contributed by atoms with van der Waals surface area (Å²) in [4.78, 5) is 51.0. The van der Waals surface area contributed by atoms with Crippen molar-refractivity contribution in [2.75, 3.05) is 13.7 Å². The number of carbonyl (C=O) groups excluding carboxylic acids is 4. The van der Waals surface area contributed by atoms with Gasteiger partial charge >= 0.3 is 17.9 Å². The van der Waals surface area contributed by atoms with Gasteiger partial charge in [0.15, 0.2) is 12.3 Å². The van der Waals surface area contributed by atoms with Crippen molar-refractivity contribution in [3.8, 4) is 0 Å². The number of ether oxygens (including phenoxy) is 3. The highest BCUT2D eigenvalue weighted by molar-refractivity contribution is 7.19. The number of benzene rings is 1. The second-order valence-corrected chi connectivity index (χ2v) is 6.71. The number of esters is 3. The largest absolute Gasteiger partial charge is 0.464 e. The molecular formula is C17H15N3O7S. The van der Waals surface area contributed by atoms with E-state index in [2.05, 4.69) is 10.1 Å². The predicted molar refractivity (Wildman–Crippen MR) is 97.0 cm³/mol. The fourth-order valence-electron chi connectivity index (χ4n) is 2.52. The Balaban J connectivity index is 2.15. The Morgan fingerprint density at radius 1 is 1.11 bits per heavy atom. The number of rotatable bonds is 5. The topological polar surface area (TPSA) is 127 Å². The molecule has 0 aliphatic heterocycles. The molecule has 0 unspecified atom stereocenters. The number of aromatic nitrogens is 3. The molecule has 10 nitrogen and oxygen atoms in total. The van der Waals surface area contributed by atoms with Crippen LogP contribution in [-0.4, -0.2) is 52.3 Å². The van der Waals surface area contributed by atoms with Crippen LogP contribution in [0.5, 0.6) is 0 Å². The Labute approximate surface area is 162 Å². The van der Waals surface area contributed by atoms with Crippen molar-refractivity contribution in [3.05, 3.63) is 22.8 Å². The molecule has 0 aliphatic rings. The molecule has 0 bridgehead atoms. The monoisotopic (exact) mass is 405 g/mol. The molecule has 2 heterocycles. The van der Waals surface area contributed by atoms with Crippen molar-refractivity contribution in [1.82, 2.24) is 14.8 Å². The average Bonchev–Trinajstić information content (AvgIpc) is 3.24. The molecule has 146 valence electrons. The van der Waals surface area contributed by atoms with Crippen LogP contribution in [0.15, 0.2) is 12.1 Å². The summed E-state index contributed by atoms with van der Waals surface area (Å²) >= 11 is 1.21. The Morgan fingerprint density at radius 2 is 1.82 bits per heavy atom. The molecule has 0 N–H and O–H groups in total. The molecule has 3 rings (SSSR count). The minimum Gasteiger partial charge on any atom is -0.464 e. The number of thiazole rings is 1. The average molecular weight is 405 g/mol. The van der Waals surface area contributed by atoms with Gasteiger partial charge in [0.1, 0.15) is 11.6 Å². The molecule has 0 amide bonds. The van der Waals surface area contributed by atoms with Crippen LogP contribution in [0.25, 0.3) is 21.1 Å². The van der Waals surface area contributed by atoms with Crippen LogP contribution in [0.4, 0.5) is 0 Å². The summed E-state index contributed by atoms with van der Waals surface area (Å²) in [5.41, 5.74) is 0.825. The van der Waals surface area contributed by atoms with E-state index >= 15 is 0 Å². The lowest BCUT2D eigenvalue weighted by Crippen LogP contribution is -2.20. The van der Waals surface area contributed by atoms with Crippen molar-refractivity contribution < 1.29 is 33.4 Å². The Bertz CT molecular complexity index is 1120. The summed E-state index contributed by atoms with van der Waals surface area (Å²) in [6.45, 7) is 1.94. The number of methoxy groups -OCH3 is 1. The second-order valence-electron chi connectivity index (χ2n) is 5.62. The molecule has 11 heteroatoms. The quantitative estimate of drug-likeness (QED) is 0.460. The van der Waals surface area contributed by atoms with Crippen molar-refractivity contribution in [1.29, 1.82) is 0 Å². The molecular weight excluding hydrogens is 390 g/mol. The van der Waals surface area contributed by atoms with Crippen molar-refractivity contribution in [3.63, 3.8) is 0 Å². The molecule has 0 radical (unpaired) electrons. The van der Waals surface area contributed by atoms with E-state index in [4.69, 9.17) is 14.2 Å². The first-order chi connectivity index (χ1) is 13.3. The van der Waals surface area contributed by atoms with Crippen LogP contribution in [0.1, 0.15) is 34.1 Å². The molecule has 3 aromatic rings. The molecule has 2 aromatic heterocycles. The van der Waals surface area contributed by atoms with Crippen LogP contribution in [0, 0.1) is 0 Å². The van der Waals surface area contributed by atoms with Gasteiger partial charge in [-0.25, -0.2) is 9.78 Å². The predicted octanol–water partition coefficient (Wildman–Crippen LogP) is 1.70. The van der Waals surface area contributed by atoms with E-state index in [0.717, 1.165) is 4.68 Å². The fraction of sp³-hybridized carbons (Fsp3) is 0.294. The highest BCUT2D eigenvalue weighted by atomic mass is 32.1. The zero-order chi connectivity index (χ0) is 20.4. The van der Waals surface area contributed by atoms with Crippen LogP contribution < -0.4 is 0 Å². The van der Waals surface area contributed by atoms with Gasteiger partial charge in [-0.2, -0.15) is 9.78 Å². The number of nitrogens with zero attached hydrogens (tertiary/aromatic N) is 3. The van der Waals surface area contributed by atoms with E-state index in [9.17, 15) is 19.2 Å². The van der Waals surface area contributed by atoms with Crippen molar-refractivity contribution >= 4 is 56.3 Å². The summed E-state index contributed by atoms with van der Waals surface area (Å²) in [6, 6.07) is 3.24. The Hall–Kier alpha value is -3.34. The van der Waals surface area contributed by atoms with E-state index in [1.165, 1.54) is 32.3 Å². The number of hydrogen-bond acceptors (Lipinski definition) is 10. The van der Waals surface area contributed by atoms with Crippen LogP contribution in [0.2, 0.25) is 0 Å². The zero-order valence-corrected chi connectivity index (χ0v) is 16.0. The highest BCUT2D eigenvalue weighted by Crippen LogP contribution is 2.33. The summed E-state index contributed by atoms with van der Waals surface area (Å²) < 4.78 is 16.0. The molecule has 0 fully saturated rings. The Kier molecular flexibility index (Phi) is 5.36. The molecule has 0 saturated carbocycles. The minimum atomic E-state index is -0.730. The van der Waals surface area contributed by atoms with Gasteiger partial charge in [-0.3, -0.25) is 14.4 Å². The SMILES string of the molecule is COC(=O)c1nn(C(=O)COC(C)=O)c2ccc3nc(COC(C)=O)sc3c12. The smallest absolute Gasteiger partial charge is 0.359 e. The van der Waals surface area contributed by atoms with Gasteiger partial charge in [0.2, 0.25) is 0 Å². The van der Waals surface area contributed by atoms with Crippen molar-refractivity contribution in [2.45, 2.75) is 20.5 Å². The van der Waals surface area contributed by atoms with Gasteiger partial charge in [-0.05, 0) is 12.1 Å². The lowest BCUT2D eigenvalue weighted by molar-refractivity contribution is -0.142.